The molecule has 0 saturated heterocycles. The summed E-state index contributed by atoms with van der Waals surface area (Å²) in [5, 5.41) is 4.45. The summed E-state index contributed by atoms with van der Waals surface area (Å²) >= 11 is 0. The Kier molecular flexibility index (Phi) is 4.94. The Labute approximate surface area is 140 Å². The SMILES string of the molecule is C[C](C)C[PH](c1ccccc1)(c1ccccc1)c1ccccc1. The first-order chi connectivity index (χ1) is 11.2. The third-order valence-corrected chi connectivity index (χ3v) is 9.61. The first-order valence-corrected chi connectivity index (χ1v) is 10.4. The van der Waals surface area contributed by atoms with Crippen molar-refractivity contribution < 1.29 is 0 Å². The van der Waals surface area contributed by atoms with Crippen LogP contribution in [0.5, 0.6) is 0 Å². The van der Waals surface area contributed by atoms with Crippen molar-refractivity contribution in [2.24, 2.45) is 0 Å². The van der Waals surface area contributed by atoms with Crippen LogP contribution in [0.4, 0.5) is 0 Å². The van der Waals surface area contributed by atoms with Crippen LogP contribution >= 0.6 is 7.26 Å². The molecule has 0 amide bonds. The van der Waals surface area contributed by atoms with Gasteiger partial charge in [-0.05, 0) is 0 Å². The van der Waals surface area contributed by atoms with Gasteiger partial charge in [-0.25, -0.2) is 0 Å². The zero-order valence-electron chi connectivity index (χ0n) is 13.9. The molecular weight excluding hydrogens is 295 g/mol. The van der Waals surface area contributed by atoms with Gasteiger partial charge in [0.15, 0.2) is 0 Å². The van der Waals surface area contributed by atoms with Crippen molar-refractivity contribution in [2.75, 3.05) is 6.16 Å². The maximum absolute atomic E-state index is 2.31. The van der Waals surface area contributed by atoms with Crippen LogP contribution in [0.2, 0.25) is 0 Å². The Morgan fingerprint density at radius 1 is 0.565 bits per heavy atom. The van der Waals surface area contributed by atoms with Crippen molar-refractivity contribution >= 4 is 23.2 Å². The topological polar surface area (TPSA) is 0 Å². The zero-order valence-corrected chi connectivity index (χ0v) is 14.9. The molecule has 0 saturated carbocycles. The third-order valence-electron chi connectivity index (χ3n) is 4.42. The van der Waals surface area contributed by atoms with Crippen molar-refractivity contribution in [3.8, 4) is 0 Å². The zero-order chi connectivity index (χ0) is 16.1. The molecule has 1 radical (unpaired) electrons. The van der Waals surface area contributed by atoms with Gasteiger partial charge in [-0.3, -0.25) is 0 Å². The van der Waals surface area contributed by atoms with Gasteiger partial charge in [0.2, 0.25) is 0 Å². The number of hydrogen-bond acceptors (Lipinski definition) is 0. The molecule has 3 aromatic rings. The fourth-order valence-electron chi connectivity index (χ4n) is 3.50. The number of rotatable bonds is 5. The minimum atomic E-state index is -2.02. The number of benzene rings is 3. The van der Waals surface area contributed by atoms with Crippen molar-refractivity contribution in [3.63, 3.8) is 0 Å². The Bertz CT molecular complexity index is 621. The Morgan fingerprint density at radius 2 is 0.870 bits per heavy atom. The Balaban J connectivity index is 2.30. The first kappa shape index (κ1) is 16.0. The van der Waals surface area contributed by atoms with Gasteiger partial charge in [-0.15, -0.1) is 0 Å². The Morgan fingerprint density at radius 3 is 1.13 bits per heavy atom. The van der Waals surface area contributed by atoms with Crippen LogP contribution in [0.3, 0.4) is 0 Å². The third kappa shape index (κ3) is 3.23. The van der Waals surface area contributed by atoms with Crippen molar-refractivity contribution in [3.05, 3.63) is 96.9 Å². The van der Waals surface area contributed by atoms with E-state index in [9.17, 15) is 0 Å². The summed E-state index contributed by atoms with van der Waals surface area (Å²) in [4.78, 5) is 0. The fourth-order valence-corrected chi connectivity index (χ4v) is 8.46. The van der Waals surface area contributed by atoms with Gasteiger partial charge < -0.3 is 0 Å². The predicted octanol–water partition coefficient (Wildman–Crippen LogP) is 4.33. The maximum atomic E-state index is 2.31. The van der Waals surface area contributed by atoms with Crippen LogP contribution in [-0.2, 0) is 0 Å². The van der Waals surface area contributed by atoms with Gasteiger partial charge in [-0.1, -0.05) is 0 Å². The number of hydrogen-bond donors (Lipinski definition) is 0. The molecule has 117 valence electrons. The van der Waals surface area contributed by atoms with E-state index in [1.165, 1.54) is 21.8 Å². The molecule has 0 aliphatic carbocycles. The van der Waals surface area contributed by atoms with Gasteiger partial charge in [0.1, 0.15) is 0 Å². The molecule has 0 heterocycles. The molecule has 0 bridgehead atoms. The second-order valence-corrected chi connectivity index (χ2v) is 10.3. The van der Waals surface area contributed by atoms with Crippen LogP contribution in [-0.4, -0.2) is 6.16 Å². The van der Waals surface area contributed by atoms with Gasteiger partial charge in [0, 0.05) is 0 Å². The quantitative estimate of drug-likeness (QED) is 0.614. The fraction of sp³-hybridized carbons (Fsp3) is 0.136. The molecule has 0 nitrogen and oxygen atoms in total. The van der Waals surface area contributed by atoms with Gasteiger partial charge in [-0.2, -0.15) is 0 Å². The molecule has 0 fully saturated rings. The summed E-state index contributed by atoms with van der Waals surface area (Å²) < 4.78 is 0. The molecule has 0 aliphatic rings. The molecule has 23 heavy (non-hydrogen) atoms. The minimum absolute atomic E-state index is 1.14. The van der Waals surface area contributed by atoms with Crippen LogP contribution in [0.25, 0.3) is 0 Å². The molecule has 0 spiro atoms. The molecular formula is C22H24P. The standard InChI is InChI=1S/C22H24P/c1-19(2)18-23(20-12-6-3-7-13-20,21-14-8-4-9-15-21)22-16-10-5-11-17-22/h3-17,23H,18H2,1-2H3. The average molecular weight is 319 g/mol. The van der Waals surface area contributed by atoms with E-state index < -0.39 is 7.26 Å². The van der Waals surface area contributed by atoms with Crippen LogP contribution in [0, 0.1) is 5.92 Å². The van der Waals surface area contributed by atoms with E-state index in [1.807, 2.05) is 0 Å². The van der Waals surface area contributed by atoms with Gasteiger partial charge in [0.05, 0.1) is 0 Å². The summed E-state index contributed by atoms with van der Waals surface area (Å²) in [5.74, 6) is 1.49. The second-order valence-electron chi connectivity index (χ2n) is 6.39. The predicted molar refractivity (Wildman–Crippen MR) is 106 cm³/mol. The summed E-state index contributed by atoms with van der Waals surface area (Å²) in [6, 6.07) is 33.3. The molecule has 0 N–H and O–H groups in total. The monoisotopic (exact) mass is 319 g/mol. The van der Waals surface area contributed by atoms with E-state index in [1.54, 1.807) is 0 Å². The van der Waals surface area contributed by atoms with Crippen LogP contribution < -0.4 is 15.9 Å². The summed E-state index contributed by atoms with van der Waals surface area (Å²) in [5.41, 5.74) is 0. The van der Waals surface area contributed by atoms with Crippen LogP contribution in [0.1, 0.15) is 13.8 Å². The van der Waals surface area contributed by atoms with E-state index in [0.717, 1.165) is 6.16 Å². The average Bonchev–Trinajstić information content (AvgIpc) is 2.62. The molecule has 3 aromatic carbocycles. The van der Waals surface area contributed by atoms with Crippen molar-refractivity contribution in [2.45, 2.75) is 13.8 Å². The summed E-state index contributed by atoms with van der Waals surface area (Å²) in [7, 11) is -2.02. The normalized spacial score (nSPS) is 12.3. The van der Waals surface area contributed by atoms with E-state index in [2.05, 4.69) is 105 Å². The van der Waals surface area contributed by atoms with Gasteiger partial charge in [0.25, 0.3) is 0 Å². The van der Waals surface area contributed by atoms with Crippen molar-refractivity contribution in [1.29, 1.82) is 0 Å². The van der Waals surface area contributed by atoms with E-state index in [0.29, 0.717) is 0 Å². The molecule has 0 unspecified atom stereocenters. The van der Waals surface area contributed by atoms with Crippen molar-refractivity contribution in [1.82, 2.24) is 0 Å². The molecule has 0 aliphatic heterocycles. The molecule has 1 heteroatoms. The van der Waals surface area contributed by atoms with Crippen LogP contribution in [0.15, 0.2) is 91.0 Å². The summed E-state index contributed by atoms with van der Waals surface area (Å²) in [6.07, 6.45) is 1.14. The molecule has 3 rings (SSSR count). The van der Waals surface area contributed by atoms with E-state index >= 15 is 0 Å². The van der Waals surface area contributed by atoms with E-state index in [4.69, 9.17) is 0 Å². The molecule has 0 aromatic heterocycles. The second kappa shape index (κ2) is 7.11. The summed E-state index contributed by atoms with van der Waals surface area (Å²) in [6.45, 7) is 4.52. The Hall–Kier alpha value is -1.91. The molecule has 0 atom stereocenters. The van der Waals surface area contributed by atoms with Gasteiger partial charge >= 0.3 is 140 Å². The first-order valence-electron chi connectivity index (χ1n) is 8.19. The van der Waals surface area contributed by atoms with E-state index in [-0.39, 0.29) is 0 Å².